The molecule has 144 valence electrons. The number of thiazole rings is 1. The predicted octanol–water partition coefficient (Wildman–Crippen LogP) is -4.33. The number of nitrogens with zero attached hydrogens (tertiary/aromatic N) is 3. The summed E-state index contributed by atoms with van der Waals surface area (Å²) < 4.78 is 0. The van der Waals surface area contributed by atoms with Gasteiger partial charge in [0.25, 0.3) is 11.8 Å². The fourth-order valence-corrected chi connectivity index (χ4v) is 5.39. The van der Waals surface area contributed by atoms with E-state index in [1.54, 1.807) is 0 Å². The molecule has 4 N–H and O–H groups in total. The summed E-state index contributed by atoms with van der Waals surface area (Å²) in [6.07, 6.45) is 1.83. The molecule has 3 rings (SSSR count). The number of carbonyl (C=O) groups excluding carboxylic acids is 3. The van der Waals surface area contributed by atoms with Crippen molar-refractivity contribution in [3.05, 3.63) is 22.3 Å². The van der Waals surface area contributed by atoms with Crippen molar-refractivity contribution in [3.63, 3.8) is 0 Å². The Hall–Kier alpha value is -1.25. The van der Waals surface area contributed by atoms with Crippen LogP contribution in [0.2, 0.25) is 0 Å². The molecule has 14 heteroatoms. The van der Waals surface area contributed by atoms with Gasteiger partial charge in [-0.25, -0.2) is 4.98 Å². The number of carbonyl (C=O) groups is 3. The number of hydrogen-bond donors (Lipinski definition) is 3. The van der Waals surface area contributed by atoms with E-state index >= 15 is 0 Å². The van der Waals surface area contributed by atoms with Gasteiger partial charge < -0.3 is 26.2 Å². The van der Waals surface area contributed by atoms with Crippen molar-refractivity contribution < 1.29 is 54.3 Å². The van der Waals surface area contributed by atoms with E-state index in [0.29, 0.717) is 17.1 Å². The second kappa shape index (κ2) is 9.50. The number of β-lactam (4-membered cyclic amide) rings is 1. The molecule has 1 aromatic rings. The zero-order valence-electron chi connectivity index (χ0n) is 14.9. The van der Waals surface area contributed by atoms with Crippen molar-refractivity contribution in [3.8, 4) is 0 Å². The molecule has 3 heterocycles. The van der Waals surface area contributed by atoms with Gasteiger partial charge in [0.1, 0.15) is 17.1 Å². The molecular weight excluding hydrogens is 437 g/mol. The monoisotopic (exact) mass is 451 g/mol. The Bertz CT molecular complexity index is 873. The summed E-state index contributed by atoms with van der Waals surface area (Å²) in [5.41, 5.74) is 5.68. The molecule has 0 bridgehead atoms. The average Bonchev–Trinajstić information content (AvgIpc) is 3.05. The van der Waals surface area contributed by atoms with Crippen molar-refractivity contribution in [1.82, 2.24) is 15.2 Å². The van der Waals surface area contributed by atoms with Crippen LogP contribution in [0.3, 0.4) is 0 Å². The molecule has 2 atom stereocenters. The van der Waals surface area contributed by atoms with Crippen LogP contribution in [0.25, 0.3) is 0 Å². The van der Waals surface area contributed by atoms with Gasteiger partial charge in [-0.1, -0.05) is 5.16 Å². The molecule has 0 saturated carbocycles. The van der Waals surface area contributed by atoms with E-state index in [1.165, 1.54) is 28.9 Å². The summed E-state index contributed by atoms with van der Waals surface area (Å²) in [5, 5.41) is 27.1. The van der Waals surface area contributed by atoms with Crippen LogP contribution < -0.4 is 45.7 Å². The van der Waals surface area contributed by atoms with Crippen LogP contribution in [0.15, 0.2) is 21.8 Å². The van der Waals surface area contributed by atoms with Crippen LogP contribution in [0.4, 0.5) is 5.13 Å². The number of hydrogen-bond acceptors (Lipinski definition) is 11. The zero-order chi connectivity index (χ0) is 19.7. The molecule has 1 fully saturated rings. The van der Waals surface area contributed by atoms with E-state index < -0.39 is 29.2 Å². The van der Waals surface area contributed by atoms with E-state index in [9.17, 15) is 19.5 Å². The van der Waals surface area contributed by atoms with Crippen LogP contribution in [0, 0.1) is 0 Å². The molecule has 0 aromatic carbocycles. The molecular formula is C14H14N5NaO5S3. The topological polar surface area (TPSA) is 161 Å². The Kier molecular flexibility index (Phi) is 7.81. The van der Waals surface area contributed by atoms with Gasteiger partial charge in [0.05, 0.1) is 11.7 Å². The number of nitrogen functional groups attached to an aromatic ring is 1. The van der Waals surface area contributed by atoms with Crippen LogP contribution in [0.1, 0.15) is 5.69 Å². The van der Waals surface area contributed by atoms with Gasteiger partial charge in [0.2, 0.25) is 0 Å². The van der Waals surface area contributed by atoms with E-state index in [4.69, 9.17) is 10.9 Å². The first-order valence-electron chi connectivity index (χ1n) is 7.50. The first kappa shape index (κ1) is 23.0. The smallest absolute Gasteiger partial charge is 0.543 e. The molecule has 2 aliphatic heterocycles. The minimum Gasteiger partial charge on any atom is -0.543 e. The second-order valence-corrected chi connectivity index (χ2v) is 8.41. The molecule has 1 saturated heterocycles. The standard InChI is InChI=1S/C14H15N5O5S3.Na/c1-25-2-5-3-26-12-8(11(21)19(12)9(5)13(22)23)17-10(20)7(18-24)6-4-27-14(15)16-6;/h4,8,12,24H,2-3H2,1H3,(H2,15,16)(H,17,20)(H,22,23);/q;+1/p-1/t8?,12-;/m1./s1. The van der Waals surface area contributed by atoms with Gasteiger partial charge in [-0.3, -0.25) is 14.5 Å². The normalized spacial score (nSPS) is 21.5. The summed E-state index contributed by atoms with van der Waals surface area (Å²) in [7, 11) is 0. The van der Waals surface area contributed by atoms with Crippen molar-refractivity contribution in [1.29, 1.82) is 0 Å². The maximum Gasteiger partial charge on any atom is 1.00 e. The Morgan fingerprint density at radius 2 is 2.29 bits per heavy atom. The SMILES string of the molecule is CSCC1=C(C(=O)[O-])N2C(=O)C(NC(=O)C(=NO)c3csc(N)n3)[C@H]2SC1.[Na+]. The van der Waals surface area contributed by atoms with Crippen LogP contribution in [-0.2, 0) is 14.4 Å². The summed E-state index contributed by atoms with van der Waals surface area (Å²) >= 11 is 3.86. The van der Waals surface area contributed by atoms with Crippen LogP contribution in [-0.4, -0.2) is 67.8 Å². The number of thioether (sulfide) groups is 2. The van der Waals surface area contributed by atoms with E-state index in [2.05, 4.69) is 15.5 Å². The maximum atomic E-state index is 12.5. The molecule has 1 aromatic heterocycles. The van der Waals surface area contributed by atoms with E-state index in [1.807, 2.05) is 6.26 Å². The minimum absolute atomic E-state index is 0. The molecule has 28 heavy (non-hydrogen) atoms. The maximum absolute atomic E-state index is 12.5. The number of fused-ring (bicyclic) bond motifs is 1. The fraction of sp³-hybridized carbons (Fsp3) is 0.357. The predicted molar refractivity (Wildman–Crippen MR) is 100 cm³/mol. The van der Waals surface area contributed by atoms with Crippen molar-refractivity contribution in [2.75, 3.05) is 23.5 Å². The van der Waals surface area contributed by atoms with Crippen LogP contribution in [0.5, 0.6) is 0 Å². The largest absolute Gasteiger partial charge is 1.00 e. The van der Waals surface area contributed by atoms with Gasteiger partial charge in [-0.2, -0.15) is 11.8 Å². The number of carboxylic acids is 1. The first-order chi connectivity index (χ1) is 12.9. The fourth-order valence-electron chi connectivity index (χ4n) is 2.78. The number of rotatable bonds is 6. The Balaban J connectivity index is 0.00000280. The summed E-state index contributed by atoms with van der Waals surface area (Å²) in [6.45, 7) is 0. The Morgan fingerprint density at radius 3 is 2.82 bits per heavy atom. The number of oxime groups is 1. The van der Waals surface area contributed by atoms with Gasteiger partial charge in [0.15, 0.2) is 10.8 Å². The second-order valence-electron chi connectivity index (χ2n) is 5.55. The number of anilines is 1. The molecule has 0 aliphatic carbocycles. The summed E-state index contributed by atoms with van der Waals surface area (Å²) in [6, 6.07) is -0.944. The number of aliphatic carboxylic acids is 1. The third-order valence-electron chi connectivity index (χ3n) is 3.93. The summed E-state index contributed by atoms with van der Waals surface area (Å²) in [4.78, 5) is 41.4. The van der Waals surface area contributed by atoms with Crippen molar-refractivity contribution in [2.24, 2.45) is 5.16 Å². The van der Waals surface area contributed by atoms with Gasteiger partial charge >= 0.3 is 29.6 Å². The van der Waals surface area contributed by atoms with Gasteiger partial charge in [-0.05, 0) is 11.8 Å². The Morgan fingerprint density at radius 1 is 1.57 bits per heavy atom. The molecule has 2 amide bonds. The van der Waals surface area contributed by atoms with Crippen molar-refractivity contribution in [2.45, 2.75) is 11.4 Å². The molecule has 0 radical (unpaired) electrons. The van der Waals surface area contributed by atoms with Gasteiger partial charge in [-0.15, -0.1) is 23.1 Å². The number of aromatic nitrogens is 1. The number of amides is 2. The quantitative estimate of drug-likeness (QED) is 0.128. The molecule has 2 aliphatic rings. The number of carboxylic acid groups (broad SMARTS) is 1. The first-order valence-corrected chi connectivity index (χ1v) is 10.8. The molecule has 10 nitrogen and oxygen atoms in total. The molecule has 0 spiro atoms. The minimum atomic E-state index is -1.42. The number of nitrogens with one attached hydrogen (secondary N) is 1. The van der Waals surface area contributed by atoms with Gasteiger partial charge in [0, 0.05) is 16.9 Å². The third-order valence-corrected chi connectivity index (χ3v) is 6.58. The van der Waals surface area contributed by atoms with Crippen LogP contribution >= 0.6 is 34.9 Å². The molecule has 1 unspecified atom stereocenters. The van der Waals surface area contributed by atoms with Crippen molar-refractivity contribution >= 4 is 63.5 Å². The number of nitrogens with two attached hydrogens (primary N) is 1. The third kappa shape index (κ3) is 4.19. The average molecular weight is 451 g/mol. The zero-order valence-corrected chi connectivity index (χ0v) is 19.3. The Labute approximate surface area is 194 Å². The summed E-state index contributed by atoms with van der Waals surface area (Å²) in [5.74, 6) is -1.91. The van der Waals surface area contributed by atoms with E-state index in [-0.39, 0.29) is 51.8 Å². The van der Waals surface area contributed by atoms with E-state index in [0.717, 1.165) is 16.2 Å².